The van der Waals surface area contributed by atoms with Gasteiger partial charge in [-0.3, -0.25) is 9.80 Å². The Morgan fingerprint density at radius 1 is 0.793 bits per heavy atom. The van der Waals surface area contributed by atoms with E-state index >= 15 is 0 Å². The van der Waals surface area contributed by atoms with Crippen LogP contribution in [0.2, 0.25) is 0 Å². The van der Waals surface area contributed by atoms with Gasteiger partial charge in [-0.05, 0) is 67.8 Å². The van der Waals surface area contributed by atoms with E-state index in [1.807, 2.05) is 59.5 Å². The number of hydrazine groups is 1. The molecule has 29 heavy (non-hydrogen) atoms. The number of hydrogen-bond donors (Lipinski definition) is 1. The summed E-state index contributed by atoms with van der Waals surface area (Å²) < 4.78 is 0. The van der Waals surface area contributed by atoms with Gasteiger partial charge in [0.25, 0.3) is 5.91 Å². The number of anilines is 2. The average molecular weight is 404 g/mol. The smallest absolute Gasteiger partial charge is 0.256 e. The second-order valence-corrected chi connectivity index (χ2v) is 8.30. The van der Waals surface area contributed by atoms with Crippen LogP contribution < -0.4 is 10.9 Å². The summed E-state index contributed by atoms with van der Waals surface area (Å²) in [7, 11) is 0. The Bertz CT molecular complexity index is 953. The molecule has 4 nitrogen and oxygen atoms in total. The van der Waals surface area contributed by atoms with Crippen molar-refractivity contribution < 1.29 is 4.79 Å². The van der Waals surface area contributed by atoms with E-state index in [9.17, 15) is 4.79 Å². The van der Waals surface area contributed by atoms with E-state index in [1.165, 1.54) is 11.3 Å². The van der Waals surface area contributed by atoms with E-state index in [1.54, 1.807) is 16.8 Å². The summed E-state index contributed by atoms with van der Waals surface area (Å²) in [6, 6.07) is 26.0. The molecule has 3 aromatic carbocycles. The van der Waals surface area contributed by atoms with Crippen LogP contribution in [0.1, 0.15) is 29.6 Å². The molecule has 148 valence electrons. The first kappa shape index (κ1) is 19.6. The predicted octanol–water partition coefficient (Wildman–Crippen LogP) is 5.48. The number of likely N-dealkylation sites (tertiary alicyclic amines) is 1. The highest BCUT2D eigenvalue weighted by atomic mass is 32.2. The van der Waals surface area contributed by atoms with E-state index in [0.29, 0.717) is 5.56 Å². The number of piperidine rings is 1. The summed E-state index contributed by atoms with van der Waals surface area (Å²) >= 11 is 1.71. The molecular weight excluding hydrogens is 378 g/mol. The van der Waals surface area contributed by atoms with Crippen molar-refractivity contribution in [2.75, 3.05) is 18.1 Å². The number of carbonyl (C=O) groups excluding carboxylic acids is 1. The van der Waals surface area contributed by atoms with E-state index in [2.05, 4.69) is 24.3 Å². The Morgan fingerprint density at radius 2 is 1.41 bits per heavy atom. The molecule has 0 aliphatic carbocycles. The van der Waals surface area contributed by atoms with Crippen LogP contribution in [-0.2, 0) is 0 Å². The zero-order valence-electron chi connectivity index (χ0n) is 16.3. The van der Waals surface area contributed by atoms with Crippen molar-refractivity contribution in [3.8, 4) is 0 Å². The summed E-state index contributed by atoms with van der Waals surface area (Å²) in [5.41, 5.74) is 2.23. The van der Waals surface area contributed by atoms with Crippen molar-refractivity contribution in [1.82, 2.24) is 4.90 Å². The lowest BCUT2D eigenvalue weighted by Gasteiger charge is -2.29. The minimum absolute atomic E-state index is 0.0620. The van der Waals surface area contributed by atoms with E-state index in [4.69, 9.17) is 5.84 Å². The van der Waals surface area contributed by atoms with Gasteiger partial charge in [-0.2, -0.15) is 0 Å². The van der Waals surface area contributed by atoms with Gasteiger partial charge in [0.2, 0.25) is 0 Å². The minimum atomic E-state index is 0.0620. The Labute approximate surface area is 176 Å². The van der Waals surface area contributed by atoms with Crippen LogP contribution in [-0.4, -0.2) is 23.9 Å². The minimum Gasteiger partial charge on any atom is -0.339 e. The third-order valence-electron chi connectivity index (χ3n) is 5.13. The molecule has 2 N–H and O–H groups in total. The lowest BCUT2D eigenvalue weighted by molar-refractivity contribution is 0.0725. The van der Waals surface area contributed by atoms with E-state index < -0.39 is 0 Å². The van der Waals surface area contributed by atoms with Gasteiger partial charge in [0, 0.05) is 22.9 Å². The maximum absolute atomic E-state index is 13.1. The fraction of sp³-hybridized carbons (Fsp3) is 0.208. The van der Waals surface area contributed by atoms with Crippen LogP contribution in [0.15, 0.2) is 88.7 Å². The van der Waals surface area contributed by atoms with Crippen molar-refractivity contribution in [2.24, 2.45) is 5.84 Å². The topological polar surface area (TPSA) is 49.6 Å². The summed E-state index contributed by atoms with van der Waals surface area (Å²) in [4.78, 5) is 17.3. The highest BCUT2D eigenvalue weighted by Crippen LogP contribution is 2.31. The summed E-state index contributed by atoms with van der Waals surface area (Å²) in [6.45, 7) is 1.65. The molecule has 0 atom stereocenters. The third-order valence-corrected chi connectivity index (χ3v) is 6.15. The van der Waals surface area contributed by atoms with Gasteiger partial charge in [-0.1, -0.05) is 42.1 Å². The number of carbonyl (C=O) groups is 1. The van der Waals surface area contributed by atoms with Crippen molar-refractivity contribution in [2.45, 2.75) is 29.1 Å². The fourth-order valence-corrected chi connectivity index (χ4v) is 4.41. The van der Waals surface area contributed by atoms with Gasteiger partial charge in [0.05, 0.1) is 16.9 Å². The van der Waals surface area contributed by atoms with Crippen LogP contribution >= 0.6 is 11.8 Å². The van der Waals surface area contributed by atoms with Crippen LogP contribution in [0.25, 0.3) is 0 Å². The zero-order chi connectivity index (χ0) is 20.1. The Balaban J connectivity index is 1.53. The third kappa shape index (κ3) is 4.63. The SMILES string of the molecule is NN(c1ccc(Sc2ccccc2)cc1)c1ccccc1C(=O)N1CCCCC1. The first-order valence-corrected chi connectivity index (χ1v) is 10.8. The number of amides is 1. The van der Waals surface area contributed by atoms with Crippen LogP contribution in [0.4, 0.5) is 11.4 Å². The van der Waals surface area contributed by atoms with Crippen molar-refractivity contribution in [3.05, 3.63) is 84.4 Å². The Morgan fingerprint density at radius 3 is 2.14 bits per heavy atom. The standard InChI is InChI=1S/C24H25N3OS/c25-27(19-13-15-21(16-14-19)29-20-9-3-1-4-10-20)23-12-6-5-11-22(23)24(28)26-17-7-2-8-18-26/h1,3-6,9-16H,2,7-8,17-18,25H2. The van der Waals surface area contributed by atoms with E-state index in [0.717, 1.165) is 42.2 Å². The molecule has 1 aliphatic heterocycles. The maximum atomic E-state index is 13.1. The molecule has 4 rings (SSSR count). The first-order valence-electron chi connectivity index (χ1n) is 9.98. The number of nitrogens with zero attached hydrogens (tertiary/aromatic N) is 2. The monoisotopic (exact) mass is 403 g/mol. The van der Waals surface area contributed by atoms with Crippen molar-refractivity contribution in [1.29, 1.82) is 0 Å². The van der Waals surface area contributed by atoms with Gasteiger partial charge in [0.1, 0.15) is 0 Å². The van der Waals surface area contributed by atoms with Gasteiger partial charge in [-0.25, -0.2) is 5.84 Å². The molecule has 0 unspecified atom stereocenters. The lowest BCUT2D eigenvalue weighted by Crippen LogP contribution is -2.37. The molecule has 1 aliphatic rings. The second-order valence-electron chi connectivity index (χ2n) is 7.15. The number of nitrogens with two attached hydrogens (primary N) is 1. The van der Waals surface area contributed by atoms with Gasteiger partial charge in [-0.15, -0.1) is 0 Å². The van der Waals surface area contributed by atoms with E-state index in [-0.39, 0.29) is 5.91 Å². The molecular formula is C24H25N3OS. The van der Waals surface area contributed by atoms with Crippen LogP contribution in [0.3, 0.4) is 0 Å². The molecule has 0 spiro atoms. The predicted molar refractivity (Wildman–Crippen MR) is 120 cm³/mol. The highest BCUT2D eigenvalue weighted by molar-refractivity contribution is 7.99. The molecule has 0 bridgehead atoms. The summed E-state index contributed by atoms with van der Waals surface area (Å²) in [6.07, 6.45) is 3.34. The normalized spacial score (nSPS) is 13.9. The van der Waals surface area contributed by atoms with Crippen molar-refractivity contribution in [3.63, 3.8) is 0 Å². The molecule has 0 radical (unpaired) electrons. The summed E-state index contributed by atoms with van der Waals surface area (Å²) in [5.74, 6) is 6.50. The number of para-hydroxylation sites is 1. The molecule has 1 heterocycles. The van der Waals surface area contributed by atoms with Gasteiger partial charge >= 0.3 is 0 Å². The first-order chi connectivity index (χ1) is 14.2. The van der Waals surface area contributed by atoms with Crippen LogP contribution in [0, 0.1) is 0 Å². The maximum Gasteiger partial charge on any atom is 0.256 e. The van der Waals surface area contributed by atoms with Crippen molar-refractivity contribution >= 4 is 29.0 Å². The second kappa shape index (κ2) is 9.16. The highest BCUT2D eigenvalue weighted by Gasteiger charge is 2.22. The summed E-state index contributed by atoms with van der Waals surface area (Å²) in [5, 5.41) is 1.61. The molecule has 1 amide bonds. The van der Waals surface area contributed by atoms with Gasteiger partial charge in [0.15, 0.2) is 0 Å². The Kier molecular flexibility index (Phi) is 6.17. The number of benzene rings is 3. The largest absolute Gasteiger partial charge is 0.339 e. The molecule has 3 aromatic rings. The molecule has 1 fully saturated rings. The molecule has 0 aromatic heterocycles. The zero-order valence-corrected chi connectivity index (χ0v) is 17.1. The van der Waals surface area contributed by atoms with Crippen LogP contribution in [0.5, 0.6) is 0 Å². The Hall–Kier alpha value is -2.76. The fourth-order valence-electron chi connectivity index (χ4n) is 3.57. The average Bonchev–Trinajstić information content (AvgIpc) is 2.80. The number of hydrogen-bond acceptors (Lipinski definition) is 4. The molecule has 0 saturated carbocycles. The number of rotatable bonds is 5. The quantitative estimate of drug-likeness (QED) is 0.453. The van der Waals surface area contributed by atoms with Gasteiger partial charge < -0.3 is 4.90 Å². The lowest BCUT2D eigenvalue weighted by atomic mass is 10.1. The molecule has 5 heteroatoms. The molecule has 1 saturated heterocycles.